The maximum atomic E-state index is 12.5. The number of aryl methyl sites for hydroxylation is 1. The van der Waals surface area contributed by atoms with Crippen LogP contribution in [0.15, 0.2) is 24.4 Å². The molecule has 23 heavy (non-hydrogen) atoms. The van der Waals surface area contributed by atoms with Crippen molar-refractivity contribution >= 4 is 32.6 Å². The summed E-state index contributed by atoms with van der Waals surface area (Å²) in [6.07, 6.45) is 1.63. The van der Waals surface area contributed by atoms with Gasteiger partial charge < -0.3 is 4.74 Å². The van der Waals surface area contributed by atoms with E-state index in [1.54, 1.807) is 24.1 Å². The van der Waals surface area contributed by atoms with Gasteiger partial charge in [-0.25, -0.2) is 4.98 Å². The number of hydrogen-bond acceptors (Lipinski definition) is 5. The average molecular weight is 330 g/mol. The topological polar surface area (TPSA) is 69.0 Å². The molecule has 0 aliphatic carbocycles. The zero-order valence-corrected chi connectivity index (χ0v) is 14.3. The molecule has 0 unspecified atom stereocenters. The fourth-order valence-electron chi connectivity index (χ4n) is 2.39. The number of carbonyl (C=O) groups is 1. The van der Waals surface area contributed by atoms with Crippen molar-refractivity contribution in [2.45, 2.75) is 26.8 Å². The molecule has 7 heteroatoms. The summed E-state index contributed by atoms with van der Waals surface area (Å²) < 4.78 is 8.04. The zero-order chi connectivity index (χ0) is 16.6. The Morgan fingerprint density at radius 1 is 1.35 bits per heavy atom. The summed E-state index contributed by atoms with van der Waals surface area (Å²) in [5.41, 5.74) is 2.39. The molecule has 1 amide bonds. The van der Waals surface area contributed by atoms with Crippen molar-refractivity contribution in [2.75, 3.05) is 12.4 Å². The van der Waals surface area contributed by atoms with Crippen molar-refractivity contribution in [1.82, 2.24) is 14.8 Å². The molecule has 1 N–H and O–H groups in total. The summed E-state index contributed by atoms with van der Waals surface area (Å²) in [5, 5.41) is 7.59. The van der Waals surface area contributed by atoms with E-state index in [0.717, 1.165) is 15.8 Å². The number of hydrogen-bond donors (Lipinski definition) is 1. The lowest BCUT2D eigenvalue weighted by Crippen LogP contribution is -2.18. The van der Waals surface area contributed by atoms with Gasteiger partial charge in [0.05, 0.1) is 11.8 Å². The Labute approximate surface area is 138 Å². The maximum absolute atomic E-state index is 12.5. The molecule has 0 spiro atoms. The fraction of sp³-hybridized carbons (Fsp3) is 0.312. The molecule has 6 nitrogen and oxygen atoms in total. The van der Waals surface area contributed by atoms with Crippen LogP contribution in [0.25, 0.3) is 10.2 Å². The Bertz CT molecular complexity index is 866. The Balaban J connectivity index is 1.94. The second kappa shape index (κ2) is 6.00. The van der Waals surface area contributed by atoms with Gasteiger partial charge in [0.15, 0.2) is 5.13 Å². The van der Waals surface area contributed by atoms with Gasteiger partial charge in [0.2, 0.25) is 0 Å². The highest BCUT2D eigenvalue weighted by atomic mass is 32.1. The van der Waals surface area contributed by atoms with Crippen LogP contribution in [0.5, 0.6) is 5.75 Å². The lowest BCUT2D eigenvalue weighted by Gasteiger charge is -2.09. The minimum Gasteiger partial charge on any atom is -0.494 e. The molecule has 0 bridgehead atoms. The molecule has 0 aliphatic heterocycles. The quantitative estimate of drug-likeness (QED) is 0.793. The predicted octanol–water partition coefficient (Wildman–Crippen LogP) is 3.64. The monoisotopic (exact) mass is 330 g/mol. The van der Waals surface area contributed by atoms with Gasteiger partial charge in [-0.3, -0.25) is 14.8 Å². The first-order chi connectivity index (χ1) is 11.0. The van der Waals surface area contributed by atoms with Crippen LogP contribution in [-0.2, 0) is 0 Å². The van der Waals surface area contributed by atoms with Crippen LogP contribution >= 0.6 is 11.3 Å². The summed E-state index contributed by atoms with van der Waals surface area (Å²) in [7, 11) is 1.61. The van der Waals surface area contributed by atoms with Crippen molar-refractivity contribution in [2.24, 2.45) is 0 Å². The van der Waals surface area contributed by atoms with Crippen LogP contribution in [0.1, 0.15) is 35.9 Å². The third-order valence-electron chi connectivity index (χ3n) is 3.54. The van der Waals surface area contributed by atoms with Crippen molar-refractivity contribution in [3.63, 3.8) is 0 Å². The van der Waals surface area contributed by atoms with Crippen molar-refractivity contribution < 1.29 is 9.53 Å². The molecule has 0 radical (unpaired) electrons. The minimum absolute atomic E-state index is 0.114. The molecular weight excluding hydrogens is 312 g/mol. The molecule has 0 atom stereocenters. The third-order valence-corrected chi connectivity index (χ3v) is 4.64. The van der Waals surface area contributed by atoms with Gasteiger partial charge in [0, 0.05) is 12.2 Å². The molecular formula is C16H18N4O2S. The summed E-state index contributed by atoms with van der Waals surface area (Å²) >= 11 is 1.44. The van der Waals surface area contributed by atoms with Crippen LogP contribution in [0.4, 0.5) is 5.13 Å². The van der Waals surface area contributed by atoms with E-state index in [1.165, 1.54) is 11.3 Å². The number of carbonyl (C=O) groups excluding carboxylic acids is 1. The Morgan fingerprint density at radius 3 is 2.83 bits per heavy atom. The first-order valence-corrected chi connectivity index (χ1v) is 8.12. The van der Waals surface area contributed by atoms with Crippen LogP contribution < -0.4 is 10.1 Å². The summed E-state index contributed by atoms with van der Waals surface area (Å²) in [4.78, 5) is 17.0. The summed E-state index contributed by atoms with van der Waals surface area (Å²) in [6, 6.07) is 5.69. The first-order valence-electron chi connectivity index (χ1n) is 7.30. The molecule has 1 aromatic carbocycles. The molecule has 2 aromatic heterocycles. The molecule has 0 aliphatic rings. The van der Waals surface area contributed by atoms with E-state index >= 15 is 0 Å². The highest BCUT2D eigenvalue weighted by Gasteiger charge is 2.17. The number of amides is 1. The maximum Gasteiger partial charge on any atom is 0.275 e. The number of nitrogens with zero attached hydrogens (tertiary/aromatic N) is 3. The van der Waals surface area contributed by atoms with E-state index in [9.17, 15) is 4.79 Å². The van der Waals surface area contributed by atoms with Crippen molar-refractivity contribution in [3.8, 4) is 5.75 Å². The fourth-order valence-corrected chi connectivity index (χ4v) is 3.34. The van der Waals surface area contributed by atoms with Gasteiger partial charge >= 0.3 is 0 Å². The standard InChI is InChI=1S/C16H18N4O2S/c1-9(2)20-11(7-8-17-20)15(21)19-16-18-13-12(22-4)6-5-10(3)14(13)23-16/h5-9H,1-4H3,(H,18,19,21). The number of aromatic nitrogens is 3. The number of methoxy groups -OCH3 is 1. The Hall–Kier alpha value is -2.41. The lowest BCUT2D eigenvalue weighted by molar-refractivity contribution is 0.101. The number of nitrogens with one attached hydrogen (secondary N) is 1. The van der Waals surface area contributed by atoms with Crippen molar-refractivity contribution in [3.05, 3.63) is 35.7 Å². The molecule has 0 fully saturated rings. The van der Waals surface area contributed by atoms with E-state index in [-0.39, 0.29) is 11.9 Å². The van der Waals surface area contributed by atoms with Crippen LogP contribution in [0.3, 0.4) is 0 Å². The van der Waals surface area contributed by atoms with Crippen LogP contribution in [0, 0.1) is 6.92 Å². The van der Waals surface area contributed by atoms with E-state index in [0.29, 0.717) is 16.6 Å². The first kappa shape index (κ1) is 15.5. The van der Waals surface area contributed by atoms with E-state index in [2.05, 4.69) is 15.4 Å². The number of rotatable bonds is 4. The number of thiazole rings is 1. The SMILES string of the molecule is COc1ccc(C)c2sc(NC(=O)c3ccnn3C(C)C)nc12. The number of fused-ring (bicyclic) bond motifs is 1. The molecule has 3 aromatic rings. The smallest absolute Gasteiger partial charge is 0.275 e. The number of benzene rings is 1. The summed E-state index contributed by atoms with van der Waals surface area (Å²) in [5.74, 6) is 0.487. The zero-order valence-electron chi connectivity index (χ0n) is 13.5. The van der Waals surface area contributed by atoms with Gasteiger partial charge in [0.1, 0.15) is 17.0 Å². The second-order valence-corrected chi connectivity index (χ2v) is 6.49. The van der Waals surface area contributed by atoms with Gasteiger partial charge in [0.25, 0.3) is 5.91 Å². The van der Waals surface area contributed by atoms with Crippen LogP contribution in [-0.4, -0.2) is 27.8 Å². The third kappa shape index (κ3) is 2.79. The van der Waals surface area contributed by atoms with Gasteiger partial charge in [-0.1, -0.05) is 17.4 Å². The molecule has 120 valence electrons. The molecule has 3 rings (SSSR count). The van der Waals surface area contributed by atoms with Crippen LogP contribution in [0.2, 0.25) is 0 Å². The average Bonchev–Trinajstić information content (AvgIpc) is 3.14. The normalized spacial score (nSPS) is 11.2. The molecule has 0 saturated heterocycles. The highest BCUT2D eigenvalue weighted by molar-refractivity contribution is 7.22. The van der Waals surface area contributed by atoms with Gasteiger partial charge in [-0.05, 0) is 38.5 Å². The molecule has 0 saturated carbocycles. The van der Waals surface area contributed by atoms with Gasteiger partial charge in [-0.2, -0.15) is 5.10 Å². The Kier molecular flexibility index (Phi) is 4.04. The minimum atomic E-state index is -0.216. The second-order valence-electron chi connectivity index (χ2n) is 5.49. The number of anilines is 1. The number of ether oxygens (including phenoxy) is 1. The largest absolute Gasteiger partial charge is 0.494 e. The van der Waals surface area contributed by atoms with Gasteiger partial charge in [-0.15, -0.1) is 0 Å². The predicted molar refractivity (Wildman–Crippen MR) is 91.5 cm³/mol. The lowest BCUT2D eigenvalue weighted by atomic mass is 10.2. The van der Waals surface area contributed by atoms with E-state index in [4.69, 9.17) is 4.74 Å². The van der Waals surface area contributed by atoms with E-state index < -0.39 is 0 Å². The Morgan fingerprint density at radius 2 is 2.13 bits per heavy atom. The highest BCUT2D eigenvalue weighted by Crippen LogP contribution is 2.34. The molecule has 2 heterocycles. The summed E-state index contributed by atoms with van der Waals surface area (Å²) in [6.45, 7) is 5.98. The van der Waals surface area contributed by atoms with E-state index in [1.807, 2.05) is 32.9 Å². The van der Waals surface area contributed by atoms with Crippen molar-refractivity contribution in [1.29, 1.82) is 0 Å².